The van der Waals surface area contributed by atoms with Crippen LogP contribution in [-0.2, 0) is 9.53 Å². The molecule has 1 amide bonds. The lowest BCUT2D eigenvalue weighted by molar-refractivity contribution is -0.137. The lowest BCUT2D eigenvalue weighted by Crippen LogP contribution is -2.37. The fourth-order valence-corrected chi connectivity index (χ4v) is 2.30. The molecule has 1 rings (SSSR count). The lowest BCUT2D eigenvalue weighted by atomic mass is 9.92. The smallest absolute Gasteiger partial charge is 0.410 e. The first-order chi connectivity index (χ1) is 9.19. The summed E-state index contributed by atoms with van der Waals surface area (Å²) in [6.45, 7) is 6.38. The van der Waals surface area contributed by atoms with E-state index >= 15 is 0 Å². The van der Waals surface area contributed by atoms with E-state index in [4.69, 9.17) is 9.84 Å². The van der Waals surface area contributed by atoms with Gasteiger partial charge in [-0.1, -0.05) is 0 Å². The number of carboxylic acids is 1. The van der Waals surface area contributed by atoms with Crippen molar-refractivity contribution >= 4 is 12.1 Å². The Morgan fingerprint density at radius 1 is 1.25 bits per heavy atom. The molecule has 0 aromatic heterocycles. The van der Waals surface area contributed by atoms with Gasteiger partial charge in [0.05, 0.1) is 6.10 Å². The van der Waals surface area contributed by atoms with Gasteiger partial charge in [-0.3, -0.25) is 4.79 Å². The van der Waals surface area contributed by atoms with Gasteiger partial charge in [-0.25, -0.2) is 4.79 Å². The molecule has 0 aromatic rings. The monoisotopic (exact) mass is 287 g/mol. The Bertz CT molecular complexity index is 350. The van der Waals surface area contributed by atoms with E-state index in [1.165, 1.54) is 0 Å². The summed E-state index contributed by atoms with van der Waals surface area (Å²) in [4.78, 5) is 24.2. The number of aliphatic hydroxyl groups is 1. The van der Waals surface area contributed by atoms with Gasteiger partial charge in [0.1, 0.15) is 5.60 Å². The van der Waals surface area contributed by atoms with Gasteiger partial charge in [0.15, 0.2) is 0 Å². The minimum atomic E-state index is -0.856. The average Bonchev–Trinajstić information content (AvgIpc) is 2.46. The molecule has 116 valence electrons. The van der Waals surface area contributed by atoms with E-state index in [1.54, 1.807) is 4.90 Å². The Balaban J connectivity index is 2.52. The maximum Gasteiger partial charge on any atom is 0.410 e. The summed E-state index contributed by atoms with van der Waals surface area (Å²) in [7, 11) is 0. The Morgan fingerprint density at radius 3 is 2.40 bits per heavy atom. The zero-order valence-electron chi connectivity index (χ0n) is 12.5. The van der Waals surface area contributed by atoms with Gasteiger partial charge < -0.3 is 19.8 Å². The van der Waals surface area contributed by atoms with E-state index in [1.807, 2.05) is 20.8 Å². The highest BCUT2D eigenvalue weighted by Crippen LogP contribution is 2.23. The molecule has 0 unspecified atom stereocenters. The maximum absolute atomic E-state index is 12.0. The highest BCUT2D eigenvalue weighted by atomic mass is 16.6. The summed E-state index contributed by atoms with van der Waals surface area (Å²) in [6.07, 6.45) is 0.634. The first-order valence-electron chi connectivity index (χ1n) is 7.07. The zero-order chi connectivity index (χ0) is 15.3. The van der Waals surface area contributed by atoms with Crippen molar-refractivity contribution in [2.24, 2.45) is 5.92 Å². The van der Waals surface area contributed by atoms with E-state index in [-0.39, 0.29) is 18.4 Å². The van der Waals surface area contributed by atoms with Crippen molar-refractivity contribution in [2.75, 3.05) is 13.1 Å². The van der Waals surface area contributed by atoms with E-state index < -0.39 is 17.7 Å². The molecule has 1 aliphatic rings. The van der Waals surface area contributed by atoms with Crippen molar-refractivity contribution in [3.63, 3.8) is 0 Å². The molecule has 20 heavy (non-hydrogen) atoms. The number of aliphatic carboxylic acids is 1. The summed E-state index contributed by atoms with van der Waals surface area (Å²) in [5, 5.41) is 18.7. The zero-order valence-corrected chi connectivity index (χ0v) is 12.5. The SMILES string of the molecule is CC(C)(C)OC(=O)N1CC[C@H](CCC(=O)O)[C@@H](O)CC1. The highest BCUT2D eigenvalue weighted by molar-refractivity contribution is 5.68. The summed E-state index contributed by atoms with van der Waals surface area (Å²) in [5.41, 5.74) is -0.537. The molecular weight excluding hydrogens is 262 g/mol. The van der Waals surface area contributed by atoms with Crippen molar-refractivity contribution in [3.05, 3.63) is 0 Å². The Hall–Kier alpha value is -1.30. The molecule has 0 radical (unpaired) electrons. The minimum Gasteiger partial charge on any atom is -0.481 e. The maximum atomic E-state index is 12.0. The molecular formula is C14H25NO5. The van der Waals surface area contributed by atoms with E-state index in [0.717, 1.165) is 0 Å². The molecule has 1 aliphatic heterocycles. The van der Waals surface area contributed by atoms with Gasteiger partial charge >= 0.3 is 12.1 Å². The van der Waals surface area contributed by atoms with Crippen LogP contribution in [0.4, 0.5) is 4.79 Å². The number of rotatable bonds is 3. The largest absolute Gasteiger partial charge is 0.481 e. The van der Waals surface area contributed by atoms with Crippen LogP contribution in [0.1, 0.15) is 46.5 Å². The normalized spacial score (nSPS) is 24.1. The third-order valence-corrected chi connectivity index (χ3v) is 3.39. The second-order valence-corrected chi connectivity index (χ2v) is 6.30. The van der Waals surface area contributed by atoms with Crippen LogP contribution in [0.5, 0.6) is 0 Å². The van der Waals surface area contributed by atoms with Gasteiger partial charge in [-0.05, 0) is 46.0 Å². The van der Waals surface area contributed by atoms with Crippen LogP contribution in [-0.4, -0.2) is 52.0 Å². The van der Waals surface area contributed by atoms with Crippen LogP contribution in [0.25, 0.3) is 0 Å². The third kappa shape index (κ3) is 5.77. The number of hydrogen-bond donors (Lipinski definition) is 2. The first kappa shape index (κ1) is 16.8. The number of ether oxygens (including phenoxy) is 1. The van der Waals surface area contributed by atoms with Crippen LogP contribution in [0, 0.1) is 5.92 Å². The van der Waals surface area contributed by atoms with Gasteiger partial charge in [0, 0.05) is 19.5 Å². The van der Waals surface area contributed by atoms with Crippen LogP contribution in [0.3, 0.4) is 0 Å². The van der Waals surface area contributed by atoms with E-state index in [9.17, 15) is 14.7 Å². The number of amides is 1. The molecule has 6 heteroatoms. The molecule has 0 spiro atoms. The third-order valence-electron chi connectivity index (χ3n) is 3.39. The topological polar surface area (TPSA) is 87.1 Å². The molecule has 2 N–H and O–H groups in total. The van der Waals surface area contributed by atoms with Gasteiger partial charge in [0.2, 0.25) is 0 Å². The number of carbonyl (C=O) groups excluding carboxylic acids is 1. The molecule has 1 fully saturated rings. The van der Waals surface area contributed by atoms with E-state index in [0.29, 0.717) is 32.4 Å². The first-order valence-corrected chi connectivity index (χ1v) is 7.07. The molecule has 0 aromatic carbocycles. The number of aliphatic hydroxyl groups excluding tert-OH is 1. The van der Waals surface area contributed by atoms with Crippen molar-refractivity contribution in [3.8, 4) is 0 Å². The van der Waals surface area contributed by atoms with Crippen molar-refractivity contribution < 1.29 is 24.5 Å². The fourth-order valence-electron chi connectivity index (χ4n) is 2.30. The molecule has 0 bridgehead atoms. The minimum absolute atomic E-state index is 0.0498. The lowest BCUT2D eigenvalue weighted by Gasteiger charge is -2.26. The standard InChI is InChI=1S/C14H25NO5/c1-14(2,3)20-13(19)15-8-6-10(4-5-12(17)18)11(16)7-9-15/h10-11,16H,4-9H2,1-3H3,(H,17,18)/t10-,11-/m0/s1. The average molecular weight is 287 g/mol. The van der Waals surface area contributed by atoms with Crippen LogP contribution < -0.4 is 0 Å². The Kier molecular flexibility index (Phi) is 5.80. The second-order valence-electron chi connectivity index (χ2n) is 6.30. The van der Waals surface area contributed by atoms with Crippen molar-refractivity contribution in [1.29, 1.82) is 0 Å². The molecule has 1 saturated heterocycles. The summed E-state index contributed by atoms with van der Waals surface area (Å²) >= 11 is 0. The van der Waals surface area contributed by atoms with Crippen molar-refractivity contribution in [1.82, 2.24) is 4.90 Å². The second kappa shape index (κ2) is 6.92. The van der Waals surface area contributed by atoms with Gasteiger partial charge in [-0.2, -0.15) is 0 Å². The Labute approximate surface area is 119 Å². The van der Waals surface area contributed by atoms with E-state index in [2.05, 4.69) is 0 Å². The molecule has 1 heterocycles. The number of hydrogen-bond acceptors (Lipinski definition) is 4. The summed E-state index contributed by atoms with van der Waals surface area (Å²) < 4.78 is 5.31. The van der Waals surface area contributed by atoms with Gasteiger partial charge in [-0.15, -0.1) is 0 Å². The number of carboxylic acid groups (broad SMARTS) is 1. The molecule has 6 nitrogen and oxygen atoms in total. The Morgan fingerprint density at radius 2 is 1.85 bits per heavy atom. The fraction of sp³-hybridized carbons (Fsp3) is 0.857. The summed E-state index contributed by atoms with van der Waals surface area (Å²) in [6, 6.07) is 0. The highest BCUT2D eigenvalue weighted by Gasteiger charge is 2.29. The van der Waals surface area contributed by atoms with Crippen LogP contribution in [0.15, 0.2) is 0 Å². The molecule has 0 saturated carbocycles. The quantitative estimate of drug-likeness (QED) is 0.827. The number of carbonyl (C=O) groups is 2. The predicted molar refractivity (Wildman–Crippen MR) is 73.4 cm³/mol. The predicted octanol–water partition coefficient (Wildman–Crippen LogP) is 1.86. The summed E-state index contributed by atoms with van der Waals surface area (Å²) in [5.74, 6) is -0.927. The van der Waals surface area contributed by atoms with Crippen LogP contribution >= 0.6 is 0 Å². The number of nitrogens with zero attached hydrogens (tertiary/aromatic N) is 1. The van der Waals surface area contributed by atoms with Crippen molar-refractivity contribution in [2.45, 2.75) is 58.2 Å². The molecule has 2 atom stereocenters. The van der Waals surface area contributed by atoms with Crippen LogP contribution in [0.2, 0.25) is 0 Å². The number of likely N-dealkylation sites (tertiary alicyclic amines) is 1. The molecule has 0 aliphatic carbocycles. The van der Waals surface area contributed by atoms with Gasteiger partial charge in [0.25, 0.3) is 0 Å².